The van der Waals surface area contributed by atoms with Crippen molar-refractivity contribution < 1.29 is 9.53 Å². The Kier molecular flexibility index (Phi) is 8.62. The van der Waals surface area contributed by atoms with Crippen molar-refractivity contribution in [3.05, 3.63) is 42.5 Å². The van der Waals surface area contributed by atoms with E-state index in [0.29, 0.717) is 19.0 Å². The topological polar surface area (TPSA) is 54.5 Å². The van der Waals surface area contributed by atoms with Crippen LogP contribution in [0.15, 0.2) is 42.5 Å². The van der Waals surface area contributed by atoms with E-state index in [1.807, 2.05) is 49.4 Å². The van der Waals surface area contributed by atoms with Crippen LogP contribution in [-0.4, -0.2) is 31.2 Å². The molecule has 0 saturated carbocycles. The standard InChI is InChI=1S/C22H31N3O2/c1-4-6-7-8-9-16-23-22(26)25(3)21-15-11-14-20(24-21)18-12-10-13-19(17-18)27-5-2/h10-15,17H,4-9,16H2,1-3H3,(H,23,26). The maximum atomic E-state index is 12.4. The van der Waals surface area contributed by atoms with E-state index >= 15 is 0 Å². The number of rotatable bonds is 10. The molecular weight excluding hydrogens is 338 g/mol. The molecule has 1 aromatic carbocycles. The molecule has 5 heteroatoms. The van der Waals surface area contributed by atoms with Crippen LogP contribution in [0.25, 0.3) is 11.3 Å². The Balaban J connectivity index is 1.97. The highest BCUT2D eigenvalue weighted by Crippen LogP contribution is 2.24. The highest BCUT2D eigenvalue weighted by atomic mass is 16.5. The molecule has 146 valence electrons. The minimum Gasteiger partial charge on any atom is -0.494 e. The fourth-order valence-electron chi connectivity index (χ4n) is 2.83. The van der Waals surface area contributed by atoms with E-state index in [-0.39, 0.29) is 6.03 Å². The van der Waals surface area contributed by atoms with Gasteiger partial charge < -0.3 is 10.1 Å². The number of amides is 2. The number of nitrogens with one attached hydrogen (secondary N) is 1. The highest BCUT2D eigenvalue weighted by molar-refractivity contribution is 5.90. The second-order valence-corrected chi connectivity index (χ2v) is 6.55. The molecule has 5 nitrogen and oxygen atoms in total. The average Bonchev–Trinajstić information content (AvgIpc) is 2.70. The zero-order valence-corrected chi connectivity index (χ0v) is 16.7. The lowest BCUT2D eigenvalue weighted by molar-refractivity contribution is 0.247. The van der Waals surface area contributed by atoms with Gasteiger partial charge in [0, 0.05) is 19.2 Å². The maximum absolute atomic E-state index is 12.4. The molecule has 0 radical (unpaired) electrons. The van der Waals surface area contributed by atoms with Gasteiger partial charge in [-0.2, -0.15) is 0 Å². The number of urea groups is 1. The van der Waals surface area contributed by atoms with Crippen LogP contribution in [0.4, 0.5) is 10.6 Å². The molecule has 0 unspecified atom stereocenters. The molecule has 0 aliphatic rings. The summed E-state index contributed by atoms with van der Waals surface area (Å²) < 4.78 is 5.56. The molecule has 0 saturated heterocycles. The van der Waals surface area contributed by atoms with Gasteiger partial charge in [0.1, 0.15) is 11.6 Å². The second kappa shape index (κ2) is 11.2. The zero-order chi connectivity index (χ0) is 19.5. The fraction of sp³-hybridized carbons (Fsp3) is 0.455. The number of carbonyl (C=O) groups is 1. The predicted molar refractivity (Wildman–Crippen MR) is 111 cm³/mol. The van der Waals surface area contributed by atoms with E-state index in [2.05, 4.69) is 17.2 Å². The van der Waals surface area contributed by atoms with Crippen molar-refractivity contribution in [3.8, 4) is 17.0 Å². The molecule has 2 rings (SSSR count). The fourth-order valence-corrected chi connectivity index (χ4v) is 2.83. The minimum absolute atomic E-state index is 0.127. The van der Waals surface area contributed by atoms with E-state index in [0.717, 1.165) is 29.8 Å². The van der Waals surface area contributed by atoms with Crippen LogP contribution >= 0.6 is 0 Å². The average molecular weight is 370 g/mol. The Morgan fingerprint density at radius 1 is 1.07 bits per heavy atom. The molecule has 27 heavy (non-hydrogen) atoms. The summed E-state index contributed by atoms with van der Waals surface area (Å²) in [6.45, 7) is 5.48. The van der Waals surface area contributed by atoms with Gasteiger partial charge in [0.2, 0.25) is 0 Å². The number of pyridine rings is 1. The number of nitrogens with zero attached hydrogens (tertiary/aromatic N) is 2. The number of benzene rings is 1. The molecular formula is C22H31N3O2. The van der Waals surface area contributed by atoms with Crippen LogP contribution in [0, 0.1) is 0 Å². The monoisotopic (exact) mass is 369 g/mol. The first kappa shape index (κ1) is 20.7. The van der Waals surface area contributed by atoms with E-state index in [9.17, 15) is 4.79 Å². The second-order valence-electron chi connectivity index (χ2n) is 6.55. The van der Waals surface area contributed by atoms with Crippen molar-refractivity contribution in [2.45, 2.75) is 46.0 Å². The maximum Gasteiger partial charge on any atom is 0.322 e. The lowest BCUT2D eigenvalue weighted by atomic mass is 10.1. The van der Waals surface area contributed by atoms with Gasteiger partial charge in [-0.1, -0.05) is 50.8 Å². The number of hydrogen-bond donors (Lipinski definition) is 1. The number of carbonyl (C=O) groups excluding carboxylic acids is 1. The van der Waals surface area contributed by atoms with Gasteiger partial charge in [-0.25, -0.2) is 9.78 Å². The van der Waals surface area contributed by atoms with Gasteiger partial charge in [0.15, 0.2) is 0 Å². The van der Waals surface area contributed by atoms with Crippen LogP contribution in [0.5, 0.6) is 5.75 Å². The number of ether oxygens (including phenoxy) is 1. The van der Waals surface area contributed by atoms with E-state index in [4.69, 9.17) is 4.74 Å². The third-order valence-corrected chi connectivity index (χ3v) is 4.38. The Morgan fingerprint density at radius 3 is 2.63 bits per heavy atom. The number of anilines is 1. The largest absolute Gasteiger partial charge is 0.494 e. The molecule has 0 fully saturated rings. The Morgan fingerprint density at radius 2 is 1.85 bits per heavy atom. The smallest absolute Gasteiger partial charge is 0.322 e. The first-order valence-electron chi connectivity index (χ1n) is 9.87. The summed E-state index contributed by atoms with van der Waals surface area (Å²) in [5.41, 5.74) is 1.78. The first-order chi connectivity index (χ1) is 13.2. The van der Waals surface area contributed by atoms with Crippen molar-refractivity contribution in [2.75, 3.05) is 25.1 Å². The van der Waals surface area contributed by atoms with E-state index < -0.39 is 0 Å². The van der Waals surface area contributed by atoms with E-state index in [1.165, 1.54) is 19.3 Å². The zero-order valence-electron chi connectivity index (χ0n) is 16.7. The van der Waals surface area contributed by atoms with Gasteiger partial charge in [-0.15, -0.1) is 0 Å². The molecule has 1 N–H and O–H groups in total. The van der Waals surface area contributed by atoms with Crippen molar-refractivity contribution in [1.29, 1.82) is 0 Å². The van der Waals surface area contributed by atoms with Gasteiger partial charge in [0.05, 0.1) is 12.3 Å². The summed E-state index contributed by atoms with van der Waals surface area (Å²) in [6.07, 6.45) is 5.88. The van der Waals surface area contributed by atoms with Crippen LogP contribution in [0.1, 0.15) is 46.0 Å². The summed E-state index contributed by atoms with van der Waals surface area (Å²) in [6, 6.07) is 13.4. The quantitative estimate of drug-likeness (QED) is 0.581. The molecule has 0 spiro atoms. The highest BCUT2D eigenvalue weighted by Gasteiger charge is 2.12. The summed E-state index contributed by atoms with van der Waals surface area (Å²) in [5.74, 6) is 1.44. The van der Waals surface area contributed by atoms with E-state index in [1.54, 1.807) is 11.9 Å². The predicted octanol–water partition coefficient (Wildman–Crippen LogP) is 5.26. The summed E-state index contributed by atoms with van der Waals surface area (Å²) in [5, 5.41) is 2.97. The molecule has 0 bridgehead atoms. The summed E-state index contributed by atoms with van der Waals surface area (Å²) in [7, 11) is 1.75. The Labute approximate surface area is 162 Å². The van der Waals surface area contributed by atoms with Gasteiger partial charge in [0.25, 0.3) is 0 Å². The van der Waals surface area contributed by atoms with Crippen LogP contribution in [0.2, 0.25) is 0 Å². The van der Waals surface area contributed by atoms with Crippen molar-refractivity contribution in [3.63, 3.8) is 0 Å². The lowest BCUT2D eigenvalue weighted by Crippen LogP contribution is -2.38. The summed E-state index contributed by atoms with van der Waals surface area (Å²) >= 11 is 0. The van der Waals surface area contributed by atoms with Crippen molar-refractivity contribution >= 4 is 11.8 Å². The number of aromatic nitrogens is 1. The van der Waals surface area contributed by atoms with Crippen molar-refractivity contribution in [2.24, 2.45) is 0 Å². The Hall–Kier alpha value is -2.56. The molecule has 0 aliphatic carbocycles. The van der Waals surface area contributed by atoms with Gasteiger partial charge in [-0.3, -0.25) is 4.90 Å². The van der Waals surface area contributed by atoms with Crippen molar-refractivity contribution in [1.82, 2.24) is 10.3 Å². The first-order valence-corrected chi connectivity index (χ1v) is 9.87. The number of hydrogen-bond acceptors (Lipinski definition) is 3. The van der Waals surface area contributed by atoms with Crippen LogP contribution in [-0.2, 0) is 0 Å². The molecule has 2 amide bonds. The summed E-state index contributed by atoms with van der Waals surface area (Å²) in [4.78, 5) is 18.6. The molecule has 1 heterocycles. The third-order valence-electron chi connectivity index (χ3n) is 4.38. The third kappa shape index (κ3) is 6.59. The van der Waals surface area contributed by atoms with Crippen LogP contribution < -0.4 is 15.0 Å². The molecule has 2 aromatic rings. The van der Waals surface area contributed by atoms with Crippen LogP contribution in [0.3, 0.4) is 0 Å². The number of unbranched alkanes of at least 4 members (excludes halogenated alkanes) is 4. The normalized spacial score (nSPS) is 10.5. The Bertz CT molecular complexity index is 718. The lowest BCUT2D eigenvalue weighted by Gasteiger charge is -2.18. The minimum atomic E-state index is -0.127. The molecule has 0 aliphatic heterocycles. The SMILES string of the molecule is CCCCCCCNC(=O)N(C)c1cccc(-c2cccc(OCC)c2)n1. The van der Waals surface area contributed by atoms with Gasteiger partial charge in [-0.05, 0) is 37.6 Å². The molecule has 0 atom stereocenters. The van der Waals surface area contributed by atoms with Gasteiger partial charge >= 0.3 is 6.03 Å². The molecule has 1 aromatic heterocycles.